The second-order valence-corrected chi connectivity index (χ2v) is 5.76. The largest absolute Gasteiger partial charge is 0.311 e. The maximum absolute atomic E-state index is 4.35. The molecule has 6 heteroatoms. The third-order valence-electron chi connectivity index (χ3n) is 2.50. The molecule has 4 nitrogen and oxygen atoms in total. The molecule has 0 bridgehead atoms. The molecule has 0 spiro atoms. The van der Waals surface area contributed by atoms with Gasteiger partial charge in [0, 0.05) is 47.9 Å². The molecule has 2 aromatic heterocycles. The van der Waals surface area contributed by atoms with Gasteiger partial charge in [0.25, 0.3) is 0 Å². The molecule has 2 heterocycles. The van der Waals surface area contributed by atoms with Crippen molar-refractivity contribution in [2.24, 2.45) is 7.05 Å². The van der Waals surface area contributed by atoms with E-state index < -0.39 is 0 Å². The van der Waals surface area contributed by atoms with Gasteiger partial charge in [-0.05, 0) is 44.0 Å². The Labute approximate surface area is 123 Å². The number of hydrogen-bond donors (Lipinski definition) is 1. The van der Waals surface area contributed by atoms with E-state index in [0.717, 1.165) is 39.8 Å². The van der Waals surface area contributed by atoms with E-state index in [2.05, 4.69) is 47.3 Å². The fourth-order valence-corrected chi connectivity index (χ4v) is 2.72. The lowest BCUT2D eigenvalue weighted by atomic mass is 10.3. The lowest BCUT2D eigenvalue weighted by molar-refractivity contribution is 0.655. The molecule has 0 fully saturated rings. The highest BCUT2D eigenvalue weighted by atomic mass is 79.9. The summed E-state index contributed by atoms with van der Waals surface area (Å²) in [6, 6.07) is 4.04. The molecule has 2 rings (SSSR count). The van der Waals surface area contributed by atoms with Gasteiger partial charge in [0.1, 0.15) is 0 Å². The van der Waals surface area contributed by atoms with Gasteiger partial charge in [0.15, 0.2) is 0 Å². The van der Waals surface area contributed by atoms with Crippen LogP contribution >= 0.6 is 31.9 Å². The molecule has 18 heavy (non-hydrogen) atoms. The van der Waals surface area contributed by atoms with Crippen molar-refractivity contribution >= 4 is 31.9 Å². The maximum Gasteiger partial charge on any atom is 0.0684 e. The summed E-state index contributed by atoms with van der Waals surface area (Å²) >= 11 is 6.89. The Morgan fingerprint density at radius 3 is 2.89 bits per heavy atom. The van der Waals surface area contributed by atoms with E-state index in [9.17, 15) is 0 Å². The molecule has 2 aromatic rings. The quantitative estimate of drug-likeness (QED) is 0.819. The molecule has 0 aliphatic heterocycles. The van der Waals surface area contributed by atoms with Crippen molar-refractivity contribution in [1.29, 1.82) is 0 Å². The van der Waals surface area contributed by atoms with E-state index in [4.69, 9.17) is 0 Å². The van der Waals surface area contributed by atoms with Crippen LogP contribution in [0.5, 0.6) is 0 Å². The topological polar surface area (TPSA) is 42.7 Å². The summed E-state index contributed by atoms with van der Waals surface area (Å²) in [6.07, 6.45) is 4.69. The summed E-state index contributed by atoms with van der Waals surface area (Å²) in [6.45, 7) is 1.64. The third kappa shape index (κ3) is 3.90. The van der Waals surface area contributed by atoms with Crippen LogP contribution in [0.15, 0.2) is 33.5 Å². The van der Waals surface area contributed by atoms with Gasteiger partial charge >= 0.3 is 0 Å². The molecule has 1 N–H and O–H groups in total. The Balaban J connectivity index is 1.78. The summed E-state index contributed by atoms with van der Waals surface area (Å²) in [5, 5.41) is 7.69. The zero-order valence-electron chi connectivity index (χ0n) is 10.0. The number of rotatable bonds is 5. The van der Waals surface area contributed by atoms with Crippen LogP contribution < -0.4 is 5.32 Å². The van der Waals surface area contributed by atoms with Crippen LogP contribution in [0.3, 0.4) is 0 Å². The zero-order valence-corrected chi connectivity index (χ0v) is 13.2. The van der Waals surface area contributed by atoms with Gasteiger partial charge < -0.3 is 5.32 Å². The van der Waals surface area contributed by atoms with Crippen LogP contribution in [0.1, 0.15) is 11.4 Å². The minimum atomic E-state index is 0.751. The molecule has 0 saturated carbocycles. The molecule has 0 aliphatic rings. The smallest absolute Gasteiger partial charge is 0.0684 e. The van der Waals surface area contributed by atoms with E-state index in [0.29, 0.717) is 0 Å². The average molecular weight is 374 g/mol. The van der Waals surface area contributed by atoms with Crippen LogP contribution in [0.2, 0.25) is 0 Å². The number of aromatic nitrogens is 3. The van der Waals surface area contributed by atoms with Crippen LogP contribution in [0.4, 0.5) is 0 Å². The normalized spacial score (nSPS) is 10.8. The van der Waals surface area contributed by atoms with Gasteiger partial charge in [-0.15, -0.1) is 0 Å². The van der Waals surface area contributed by atoms with Crippen molar-refractivity contribution in [1.82, 2.24) is 20.1 Å². The van der Waals surface area contributed by atoms with Crippen molar-refractivity contribution in [2.45, 2.75) is 13.0 Å². The highest BCUT2D eigenvalue weighted by Gasteiger charge is 2.02. The molecule has 0 aliphatic carbocycles. The minimum Gasteiger partial charge on any atom is -0.311 e. The SMILES string of the molecule is Cn1ccc(CCNCc2ncc(Br)cc2Br)n1. The van der Waals surface area contributed by atoms with E-state index >= 15 is 0 Å². The fourth-order valence-electron chi connectivity index (χ4n) is 1.59. The Kier molecular flexibility index (Phi) is 4.91. The number of aryl methyl sites for hydroxylation is 1. The Bertz CT molecular complexity index is 525. The summed E-state index contributed by atoms with van der Waals surface area (Å²) < 4.78 is 3.82. The first-order valence-corrected chi connectivity index (χ1v) is 7.23. The minimum absolute atomic E-state index is 0.751. The van der Waals surface area contributed by atoms with Gasteiger partial charge in [0.05, 0.1) is 11.4 Å². The van der Waals surface area contributed by atoms with E-state index in [-0.39, 0.29) is 0 Å². The molecule has 0 unspecified atom stereocenters. The first-order chi connectivity index (χ1) is 8.65. The van der Waals surface area contributed by atoms with E-state index in [1.807, 2.05) is 30.1 Å². The van der Waals surface area contributed by atoms with Crippen LogP contribution in [0, 0.1) is 0 Å². The predicted octanol–water partition coefficient (Wildman–Crippen LogP) is 2.67. The van der Waals surface area contributed by atoms with Crippen molar-refractivity contribution in [3.05, 3.63) is 44.9 Å². The van der Waals surface area contributed by atoms with Crippen molar-refractivity contribution < 1.29 is 0 Å². The molecule has 0 atom stereocenters. The molecule has 0 saturated heterocycles. The summed E-state index contributed by atoms with van der Waals surface area (Å²) in [5.41, 5.74) is 2.12. The number of halogens is 2. The third-order valence-corrected chi connectivity index (χ3v) is 3.62. The Morgan fingerprint density at radius 1 is 1.39 bits per heavy atom. The number of pyridine rings is 1. The Hall–Kier alpha value is -0.720. The molecule has 96 valence electrons. The lowest BCUT2D eigenvalue weighted by Crippen LogP contribution is -2.18. The predicted molar refractivity (Wildman–Crippen MR) is 78.3 cm³/mol. The number of nitrogens with one attached hydrogen (secondary N) is 1. The molecule has 0 radical (unpaired) electrons. The molecular weight excluding hydrogens is 360 g/mol. The lowest BCUT2D eigenvalue weighted by Gasteiger charge is -2.05. The van der Waals surface area contributed by atoms with Gasteiger partial charge in [-0.1, -0.05) is 0 Å². The highest BCUT2D eigenvalue weighted by molar-refractivity contribution is 9.11. The van der Waals surface area contributed by atoms with Crippen molar-refractivity contribution in [3.8, 4) is 0 Å². The van der Waals surface area contributed by atoms with Crippen LogP contribution in [-0.4, -0.2) is 21.3 Å². The maximum atomic E-state index is 4.35. The van der Waals surface area contributed by atoms with Gasteiger partial charge in [-0.2, -0.15) is 5.10 Å². The highest BCUT2D eigenvalue weighted by Crippen LogP contribution is 2.19. The Morgan fingerprint density at radius 2 is 2.22 bits per heavy atom. The monoisotopic (exact) mass is 372 g/mol. The number of hydrogen-bond acceptors (Lipinski definition) is 3. The van der Waals surface area contributed by atoms with E-state index in [1.54, 1.807) is 6.20 Å². The van der Waals surface area contributed by atoms with Gasteiger partial charge in [-0.25, -0.2) is 0 Å². The van der Waals surface area contributed by atoms with Gasteiger partial charge in [-0.3, -0.25) is 9.67 Å². The summed E-state index contributed by atoms with van der Waals surface area (Å²) in [5.74, 6) is 0. The standard InChI is InChI=1S/C12H14Br2N4/c1-18-5-3-10(17-18)2-4-15-8-12-11(14)6-9(13)7-16-12/h3,5-7,15H,2,4,8H2,1H3. The average Bonchev–Trinajstić information content (AvgIpc) is 2.73. The molecule has 0 amide bonds. The first kappa shape index (κ1) is 13.7. The zero-order chi connectivity index (χ0) is 13.0. The second-order valence-electron chi connectivity index (χ2n) is 3.99. The molecule has 0 aromatic carbocycles. The molecular formula is C12H14Br2N4. The first-order valence-electron chi connectivity index (χ1n) is 5.64. The van der Waals surface area contributed by atoms with Crippen molar-refractivity contribution in [3.63, 3.8) is 0 Å². The number of nitrogens with zero attached hydrogens (tertiary/aromatic N) is 3. The fraction of sp³-hybridized carbons (Fsp3) is 0.333. The van der Waals surface area contributed by atoms with E-state index in [1.165, 1.54) is 0 Å². The van der Waals surface area contributed by atoms with Crippen molar-refractivity contribution in [2.75, 3.05) is 6.54 Å². The van der Waals surface area contributed by atoms with Gasteiger partial charge in [0.2, 0.25) is 0 Å². The second kappa shape index (κ2) is 6.45. The van der Waals surface area contributed by atoms with Crippen LogP contribution in [0.25, 0.3) is 0 Å². The summed E-state index contributed by atoms with van der Waals surface area (Å²) in [7, 11) is 1.93. The summed E-state index contributed by atoms with van der Waals surface area (Å²) in [4.78, 5) is 4.35. The van der Waals surface area contributed by atoms with Crippen LogP contribution in [-0.2, 0) is 20.0 Å².